The summed E-state index contributed by atoms with van der Waals surface area (Å²) in [5.74, 6) is 0.439. The summed E-state index contributed by atoms with van der Waals surface area (Å²) in [6.45, 7) is 4.75. The van der Waals surface area contributed by atoms with E-state index in [9.17, 15) is 4.79 Å². The molecule has 4 rings (SSSR count). The molecule has 124 valence electrons. The van der Waals surface area contributed by atoms with Crippen molar-refractivity contribution in [3.8, 4) is 5.69 Å². The molecule has 1 saturated heterocycles. The van der Waals surface area contributed by atoms with Gasteiger partial charge in [0.15, 0.2) is 5.65 Å². The lowest BCUT2D eigenvalue weighted by Crippen LogP contribution is -2.38. The Morgan fingerprint density at radius 1 is 1.33 bits per heavy atom. The number of rotatable bonds is 3. The van der Waals surface area contributed by atoms with Gasteiger partial charge in [-0.25, -0.2) is 4.68 Å². The first-order valence-corrected chi connectivity index (χ1v) is 7.98. The molecule has 0 saturated carbocycles. The molecule has 0 bridgehead atoms. The highest BCUT2D eigenvalue weighted by atomic mass is 16.5. The standard InChI is InChI=1S/C17H19N5O2/c1-17(2)13(8-9-24-17)19-16-20-14-12(15(23)21-16)10-18-22(14)11-6-4-3-5-7-11/h3-7,10,13H,8-9H2,1-2H3,(H2,19,20,21,23). The molecule has 1 aliphatic rings. The van der Waals surface area contributed by atoms with Crippen LogP contribution in [0.5, 0.6) is 0 Å². The maximum absolute atomic E-state index is 12.4. The summed E-state index contributed by atoms with van der Waals surface area (Å²) in [4.78, 5) is 19.7. The Morgan fingerprint density at radius 2 is 2.12 bits per heavy atom. The molecule has 0 aliphatic carbocycles. The van der Waals surface area contributed by atoms with Crippen molar-refractivity contribution in [1.29, 1.82) is 0 Å². The number of aromatic nitrogens is 4. The SMILES string of the molecule is CC1(C)OCCC1Nc1nc2c(cnn2-c2ccccc2)c(=O)[nH]1. The fraction of sp³-hybridized carbons (Fsp3) is 0.353. The van der Waals surface area contributed by atoms with Crippen LogP contribution in [-0.2, 0) is 4.74 Å². The maximum Gasteiger partial charge on any atom is 0.263 e. The van der Waals surface area contributed by atoms with Crippen LogP contribution in [0.15, 0.2) is 41.3 Å². The van der Waals surface area contributed by atoms with E-state index >= 15 is 0 Å². The van der Waals surface area contributed by atoms with Crippen LogP contribution in [0.3, 0.4) is 0 Å². The first-order chi connectivity index (χ1) is 11.5. The molecule has 1 atom stereocenters. The Labute approximate surface area is 138 Å². The third kappa shape index (κ3) is 2.46. The number of H-pyrrole nitrogens is 1. The summed E-state index contributed by atoms with van der Waals surface area (Å²) in [5.41, 5.74) is 0.888. The Kier molecular flexibility index (Phi) is 3.38. The van der Waals surface area contributed by atoms with E-state index in [-0.39, 0.29) is 17.2 Å². The van der Waals surface area contributed by atoms with Crippen molar-refractivity contribution in [3.63, 3.8) is 0 Å². The number of benzene rings is 1. The zero-order chi connectivity index (χ0) is 16.7. The molecule has 0 radical (unpaired) electrons. The molecule has 2 aromatic heterocycles. The number of aromatic amines is 1. The molecule has 0 spiro atoms. The Hall–Kier alpha value is -2.67. The smallest absolute Gasteiger partial charge is 0.263 e. The van der Waals surface area contributed by atoms with E-state index in [0.29, 0.717) is 23.6 Å². The van der Waals surface area contributed by atoms with Crippen LogP contribution in [0.25, 0.3) is 16.7 Å². The van der Waals surface area contributed by atoms with Gasteiger partial charge >= 0.3 is 0 Å². The highest BCUT2D eigenvalue weighted by Gasteiger charge is 2.36. The van der Waals surface area contributed by atoms with Crippen molar-refractivity contribution in [2.45, 2.75) is 31.9 Å². The Bertz CT molecular complexity index is 929. The van der Waals surface area contributed by atoms with Gasteiger partial charge in [0.05, 0.1) is 23.5 Å². The van der Waals surface area contributed by atoms with Crippen LogP contribution in [0.4, 0.5) is 5.95 Å². The average Bonchev–Trinajstić information content (AvgIpc) is 3.12. The van der Waals surface area contributed by atoms with Gasteiger partial charge in [-0.15, -0.1) is 0 Å². The molecular weight excluding hydrogens is 306 g/mol. The van der Waals surface area contributed by atoms with E-state index in [1.165, 1.54) is 0 Å². The number of hydrogen-bond acceptors (Lipinski definition) is 5. The fourth-order valence-corrected chi connectivity index (χ4v) is 3.04. The fourth-order valence-electron chi connectivity index (χ4n) is 3.04. The topological polar surface area (TPSA) is 84.8 Å². The molecule has 1 aromatic carbocycles. The number of fused-ring (bicyclic) bond motifs is 1. The van der Waals surface area contributed by atoms with Crippen molar-refractivity contribution in [2.24, 2.45) is 0 Å². The van der Waals surface area contributed by atoms with Crippen molar-refractivity contribution in [3.05, 3.63) is 46.9 Å². The van der Waals surface area contributed by atoms with Gasteiger partial charge in [0.1, 0.15) is 5.39 Å². The third-order valence-corrected chi connectivity index (χ3v) is 4.47. The van der Waals surface area contributed by atoms with Gasteiger partial charge < -0.3 is 10.1 Å². The molecule has 3 heterocycles. The lowest BCUT2D eigenvalue weighted by Gasteiger charge is -2.26. The van der Waals surface area contributed by atoms with E-state index in [0.717, 1.165) is 12.1 Å². The molecule has 3 aromatic rings. The predicted octanol–water partition coefficient (Wildman–Crippen LogP) is 2.09. The lowest BCUT2D eigenvalue weighted by atomic mass is 9.99. The summed E-state index contributed by atoms with van der Waals surface area (Å²) in [6, 6.07) is 9.73. The minimum Gasteiger partial charge on any atom is -0.373 e. The first kappa shape index (κ1) is 14.9. The number of nitrogens with zero attached hydrogens (tertiary/aromatic N) is 3. The van der Waals surface area contributed by atoms with Crippen LogP contribution in [0.1, 0.15) is 20.3 Å². The second kappa shape index (κ2) is 5.45. The van der Waals surface area contributed by atoms with Gasteiger partial charge in [0, 0.05) is 6.61 Å². The quantitative estimate of drug-likeness (QED) is 0.770. The van der Waals surface area contributed by atoms with Crippen LogP contribution in [0.2, 0.25) is 0 Å². The summed E-state index contributed by atoms with van der Waals surface area (Å²) in [6.07, 6.45) is 2.41. The summed E-state index contributed by atoms with van der Waals surface area (Å²) in [7, 11) is 0. The van der Waals surface area contributed by atoms with Gasteiger partial charge in [-0.2, -0.15) is 10.1 Å². The molecule has 2 N–H and O–H groups in total. The van der Waals surface area contributed by atoms with E-state index in [4.69, 9.17) is 4.74 Å². The van der Waals surface area contributed by atoms with Gasteiger partial charge in [-0.1, -0.05) is 18.2 Å². The first-order valence-electron chi connectivity index (χ1n) is 7.98. The van der Waals surface area contributed by atoms with Crippen molar-refractivity contribution >= 4 is 17.0 Å². The van der Waals surface area contributed by atoms with Gasteiger partial charge in [0.2, 0.25) is 5.95 Å². The van der Waals surface area contributed by atoms with Gasteiger partial charge in [-0.05, 0) is 32.4 Å². The summed E-state index contributed by atoms with van der Waals surface area (Å²) in [5, 5.41) is 8.07. The minimum atomic E-state index is -0.298. The highest BCUT2D eigenvalue weighted by Crippen LogP contribution is 2.27. The van der Waals surface area contributed by atoms with E-state index in [1.807, 2.05) is 44.2 Å². The number of para-hydroxylation sites is 1. The van der Waals surface area contributed by atoms with Crippen LogP contribution in [0, 0.1) is 0 Å². The molecule has 1 fully saturated rings. The molecule has 24 heavy (non-hydrogen) atoms. The van der Waals surface area contributed by atoms with E-state index in [1.54, 1.807) is 10.9 Å². The molecule has 1 aliphatic heterocycles. The van der Waals surface area contributed by atoms with Crippen molar-refractivity contribution in [1.82, 2.24) is 19.7 Å². The second-order valence-corrected chi connectivity index (χ2v) is 6.48. The van der Waals surface area contributed by atoms with Crippen molar-refractivity contribution in [2.75, 3.05) is 11.9 Å². The normalized spacial score (nSPS) is 19.7. The minimum absolute atomic E-state index is 0.0891. The number of nitrogens with one attached hydrogen (secondary N) is 2. The Morgan fingerprint density at radius 3 is 2.83 bits per heavy atom. The maximum atomic E-state index is 12.4. The monoisotopic (exact) mass is 325 g/mol. The van der Waals surface area contributed by atoms with Crippen LogP contribution in [-0.4, -0.2) is 38.0 Å². The molecular formula is C17H19N5O2. The molecule has 0 amide bonds. The average molecular weight is 325 g/mol. The van der Waals surface area contributed by atoms with Crippen LogP contribution >= 0.6 is 0 Å². The third-order valence-electron chi connectivity index (χ3n) is 4.47. The molecule has 1 unspecified atom stereocenters. The second-order valence-electron chi connectivity index (χ2n) is 6.48. The van der Waals surface area contributed by atoms with Gasteiger partial charge in [0.25, 0.3) is 5.56 Å². The predicted molar refractivity (Wildman–Crippen MR) is 91.5 cm³/mol. The Balaban J connectivity index is 1.77. The number of ether oxygens (including phenoxy) is 1. The summed E-state index contributed by atoms with van der Waals surface area (Å²) < 4.78 is 7.39. The molecule has 7 heteroatoms. The lowest BCUT2D eigenvalue weighted by molar-refractivity contribution is 0.0313. The number of anilines is 1. The van der Waals surface area contributed by atoms with E-state index in [2.05, 4.69) is 20.4 Å². The number of hydrogen-bond donors (Lipinski definition) is 2. The zero-order valence-electron chi connectivity index (χ0n) is 13.6. The highest BCUT2D eigenvalue weighted by molar-refractivity contribution is 5.76. The zero-order valence-corrected chi connectivity index (χ0v) is 13.6. The summed E-state index contributed by atoms with van der Waals surface area (Å²) >= 11 is 0. The van der Waals surface area contributed by atoms with Crippen LogP contribution < -0.4 is 10.9 Å². The van der Waals surface area contributed by atoms with Crippen molar-refractivity contribution < 1.29 is 4.74 Å². The van der Waals surface area contributed by atoms with Gasteiger partial charge in [-0.3, -0.25) is 9.78 Å². The largest absolute Gasteiger partial charge is 0.373 e. The molecule has 7 nitrogen and oxygen atoms in total. The van der Waals surface area contributed by atoms with E-state index < -0.39 is 0 Å².